The summed E-state index contributed by atoms with van der Waals surface area (Å²) >= 11 is 1.40. The first-order valence-corrected chi connectivity index (χ1v) is 9.03. The van der Waals surface area contributed by atoms with Gasteiger partial charge in [-0.25, -0.2) is 9.97 Å². The highest BCUT2D eigenvalue weighted by atomic mass is 32.2. The fraction of sp³-hybridized carbons (Fsp3) is 0.562. The average Bonchev–Trinajstić information content (AvgIpc) is 2.98. The van der Waals surface area contributed by atoms with Gasteiger partial charge in [-0.3, -0.25) is 4.79 Å². The van der Waals surface area contributed by atoms with E-state index in [2.05, 4.69) is 20.1 Å². The lowest BCUT2D eigenvalue weighted by molar-refractivity contribution is -0.129. The number of hydrogen-bond donors (Lipinski definition) is 0. The number of nitrogens with zero attached hydrogens (tertiary/aromatic N) is 5. The van der Waals surface area contributed by atoms with Crippen LogP contribution in [0.5, 0.6) is 0 Å². The van der Waals surface area contributed by atoms with Gasteiger partial charge < -0.3 is 9.42 Å². The van der Waals surface area contributed by atoms with E-state index in [0.717, 1.165) is 43.1 Å². The molecule has 0 aliphatic carbocycles. The third-order valence-corrected chi connectivity index (χ3v) is 4.87. The maximum atomic E-state index is 12.4. The molecule has 2 aromatic rings. The van der Waals surface area contributed by atoms with Crippen molar-refractivity contribution in [1.29, 1.82) is 0 Å². The molecule has 0 N–H and O–H groups in total. The van der Waals surface area contributed by atoms with E-state index in [4.69, 9.17) is 4.52 Å². The summed E-state index contributed by atoms with van der Waals surface area (Å²) in [6.07, 6.45) is 1.74. The zero-order valence-electron chi connectivity index (χ0n) is 14.2. The lowest BCUT2D eigenvalue weighted by Gasteiger charge is -2.30. The van der Waals surface area contributed by atoms with Gasteiger partial charge in [-0.2, -0.15) is 4.98 Å². The van der Waals surface area contributed by atoms with E-state index in [1.807, 2.05) is 24.8 Å². The van der Waals surface area contributed by atoms with Gasteiger partial charge in [-0.15, -0.1) is 0 Å². The van der Waals surface area contributed by atoms with Gasteiger partial charge in [-0.1, -0.05) is 16.9 Å². The third kappa shape index (κ3) is 4.11. The molecule has 3 heterocycles. The van der Waals surface area contributed by atoms with Crippen molar-refractivity contribution in [3.63, 3.8) is 0 Å². The van der Waals surface area contributed by atoms with Gasteiger partial charge in [0.05, 0.1) is 5.75 Å². The number of likely N-dealkylation sites (tertiary alicyclic amines) is 1. The van der Waals surface area contributed by atoms with Crippen LogP contribution in [0.2, 0.25) is 0 Å². The second-order valence-corrected chi connectivity index (χ2v) is 6.99. The second-order valence-electron chi connectivity index (χ2n) is 6.05. The Labute approximate surface area is 145 Å². The summed E-state index contributed by atoms with van der Waals surface area (Å²) in [6, 6.07) is 1.93. The Morgan fingerprint density at radius 3 is 2.46 bits per heavy atom. The van der Waals surface area contributed by atoms with Crippen LogP contribution in [0.1, 0.15) is 41.9 Å². The highest BCUT2D eigenvalue weighted by Crippen LogP contribution is 2.26. The number of thioether (sulfide) groups is 1. The molecule has 3 rings (SSSR count). The monoisotopic (exact) mass is 347 g/mol. The van der Waals surface area contributed by atoms with Gasteiger partial charge in [0.15, 0.2) is 11.0 Å². The van der Waals surface area contributed by atoms with E-state index >= 15 is 0 Å². The molecule has 128 valence electrons. The van der Waals surface area contributed by atoms with Gasteiger partial charge in [0.1, 0.15) is 0 Å². The van der Waals surface area contributed by atoms with E-state index in [-0.39, 0.29) is 11.8 Å². The summed E-state index contributed by atoms with van der Waals surface area (Å²) in [6.45, 7) is 7.12. The van der Waals surface area contributed by atoms with E-state index in [1.54, 1.807) is 6.92 Å². The molecule has 1 fully saturated rings. The molecule has 0 saturated carbocycles. The van der Waals surface area contributed by atoms with Crippen molar-refractivity contribution in [2.45, 2.75) is 44.7 Å². The number of amides is 1. The molecule has 0 spiro atoms. The van der Waals surface area contributed by atoms with Crippen LogP contribution in [0.25, 0.3) is 0 Å². The summed E-state index contributed by atoms with van der Waals surface area (Å²) in [7, 11) is 0. The van der Waals surface area contributed by atoms with Crippen molar-refractivity contribution in [3.8, 4) is 0 Å². The zero-order valence-corrected chi connectivity index (χ0v) is 15.0. The Morgan fingerprint density at radius 1 is 1.21 bits per heavy atom. The molecule has 0 atom stereocenters. The largest absolute Gasteiger partial charge is 0.342 e. The number of hydrogen-bond acceptors (Lipinski definition) is 7. The molecule has 0 aromatic carbocycles. The maximum Gasteiger partial charge on any atom is 0.233 e. The normalized spacial score (nSPS) is 15.7. The number of aryl methyl sites for hydroxylation is 3. The van der Waals surface area contributed by atoms with Crippen LogP contribution in [0.15, 0.2) is 15.7 Å². The minimum absolute atomic E-state index is 0.130. The zero-order chi connectivity index (χ0) is 17.1. The van der Waals surface area contributed by atoms with Gasteiger partial charge >= 0.3 is 0 Å². The van der Waals surface area contributed by atoms with Crippen LogP contribution in [-0.4, -0.2) is 49.8 Å². The first-order chi connectivity index (χ1) is 11.5. The molecule has 1 amide bonds. The number of carbonyl (C=O) groups excluding carboxylic acids is 1. The minimum Gasteiger partial charge on any atom is -0.342 e. The fourth-order valence-corrected chi connectivity index (χ4v) is 3.70. The Kier molecular flexibility index (Phi) is 5.13. The van der Waals surface area contributed by atoms with Crippen molar-refractivity contribution in [2.24, 2.45) is 0 Å². The Hall–Kier alpha value is -1.96. The molecule has 2 aromatic heterocycles. The SMILES string of the molecule is Cc1cc(C)nc(SCC(=O)N2CCC(c3noc(C)n3)CC2)n1. The van der Waals surface area contributed by atoms with Crippen LogP contribution in [0.4, 0.5) is 0 Å². The molecular formula is C16H21N5O2S. The summed E-state index contributed by atoms with van der Waals surface area (Å²) < 4.78 is 5.04. The number of aromatic nitrogens is 4. The van der Waals surface area contributed by atoms with Crippen LogP contribution >= 0.6 is 11.8 Å². The molecule has 1 aliphatic heterocycles. The van der Waals surface area contributed by atoms with Crippen LogP contribution in [0.3, 0.4) is 0 Å². The van der Waals surface area contributed by atoms with Gasteiger partial charge in [-0.05, 0) is 32.8 Å². The lowest BCUT2D eigenvalue weighted by atomic mass is 9.96. The summed E-state index contributed by atoms with van der Waals surface area (Å²) in [5.74, 6) is 2.13. The van der Waals surface area contributed by atoms with Crippen molar-refractivity contribution in [3.05, 3.63) is 29.2 Å². The van der Waals surface area contributed by atoms with Gasteiger partial charge in [0, 0.05) is 37.3 Å². The Morgan fingerprint density at radius 2 is 1.88 bits per heavy atom. The van der Waals surface area contributed by atoms with Crippen molar-refractivity contribution < 1.29 is 9.32 Å². The average molecular weight is 347 g/mol. The molecule has 8 heteroatoms. The van der Waals surface area contributed by atoms with E-state index in [0.29, 0.717) is 16.8 Å². The van der Waals surface area contributed by atoms with Crippen molar-refractivity contribution in [2.75, 3.05) is 18.8 Å². The summed E-state index contributed by atoms with van der Waals surface area (Å²) in [5, 5.41) is 4.66. The second kappa shape index (κ2) is 7.29. The maximum absolute atomic E-state index is 12.4. The van der Waals surface area contributed by atoms with E-state index in [9.17, 15) is 4.79 Å². The van der Waals surface area contributed by atoms with Gasteiger partial charge in [0.25, 0.3) is 0 Å². The standard InChI is InChI=1S/C16H21N5O2S/c1-10-8-11(2)18-16(17-10)24-9-14(22)21-6-4-13(5-7-21)15-19-12(3)23-20-15/h8,13H,4-7,9H2,1-3H3. The minimum atomic E-state index is 0.130. The highest BCUT2D eigenvalue weighted by molar-refractivity contribution is 7.99. The molecule has 0 unspecified atom stereocenters. The topological polar surface area (TPSA) is 85.0 Å². The number of piperidine rings is 1. The fourth-order valence-electron chi connectivity index (χ4n) is 2.84. The summed E-state index contributed by atoms with van der Waals surface area (Å²) in [5.41, 5.74) is 1.85. The van der Waals surface area contributed by atoms with Crippen LogP contribution in [0, 0.1) is 20.8 Å². The molecule has 0 radical (unpaired) electrons. The van der Waals surface area contributed by atoms with Crippen molar-refractivity contribution in [1.82, 2.24) is 25.0 Å². The number of carbonyl (C=O) groups is 1. The predicted molar refractivity (Wildman–Crippen MR) is 89.8 cm³/mol. The molecule has 1 saturated heterocycles. The molecule has 0 bridgehead atoms. The van der Waals surface area contributed by atoms with E-state index < -0.39 is 0 Å². The smallest absolute Gasteiger partial charge is 0.233 e. The van der Waals surface area contributed by atoms with E-state index in [1.165, 1.54) is 11.8 Å². The highest BCUT2D eigenvalue weighted by Gasteiger charge is 2.26. The van der Waals surface area contributed by atoms with Crippen LogP contribution < -0.4 is 0 Å². The molecule has 1 aliphatic rings. The lowest BCUT2D eigenvalue weighted by Crippen LogP contribution is -2.39. The predicted octanol–water partition coefficient (Wildman–Crippen LogP) is 2.28. The quantitative estimate of drug-likeness (QED) is 0.619. The van der Waals surface area contributed by atoms with Gasteiger partial charge in [0.2, 0.25) is 11.8 Å². The molecule has 24 heavy (non-hydrogen) atoms. The first-order valence-electron chi connectivity index (χ1n) is 8.04. The first kappa shape index (κ1) is 16.9. The summed E-state index contributed by atoms with van der Waals surface area (Å²) in [4.78, 5) is 27.3. The Bertz CT molecular complexity index is 705. The molecule has 7 nitrogen and oxygen atoms in total. The van der Waals surface area contributed by atoms with Crippen molar-refractivity contribution >= 4 is 17.7 Å². The number of rotatable bonds is 4. The van der Waals surface area contributed by atoms with Crippen LogP contribution in [-0.2, 0) is 4.79 Å². The Balaban J connectivity index is 1.50. The third-order valence-electron chi connectivity index (χ3n) is 4.04. The molecular weight excluding hydrogens is 326 g/mol.